The second-order valence-electron chi connectivity index (χ2n) is 16.8. The molecule has 0 spiro atoms. The van der Waals surface area contributed by atoms with Crippen LogP contribution < -0.4 is 9.47 Å². The Morgan fingerprint density at radius 1 is 0.695 bits per heavy atom. The van der Waals surface area contributed by atoms with Gasteiger partial charge < -0.3 is 9.47 Å². The van der Waals surface area contributed by atoms with E-state index in [4.69, 9.17) is 9.47 Å². The summed E-state index contributed by atoms with van der Waals surface area (Å²) in [5.41, 5.74) is 4.65. The molecule has 350 valence electrons. The van der Waals surface area contributed by atoms with E-state index in [-0.39, 0.29) is 29.7 Å². The number of unbranched alkanes of at least 4 members (excludes halogenated alkanes) is 3. The Morgan fingerprint density at radius 2 is 1.27 bits per heavy atom. The highest BCUT2D eigenvalue weighted by atomic mass is 16.7. The van der Waals surface area contributed by atoms with Crippen LogP contribution in [0.15, 0.2) is 78.0 Å². The molecule has 2 nitrogen and oxygen atoms in total. The highest BCUT2D eigenvalue weighted by Gasteiger charge is 2.30. The van der Waals surface area contributed by atoms with E-state index >= 15 is 0 Å². The molecule has 0 aromatic heterocycles. The van der Waals surface area contributed by atoms with Gasteiger partial charge in [0.2, 0.25) is 6.79 Å². The number of ether oxygens (including phenoxy) is 2. The Bertz CT molecular complexity index is 1150. The first-order valence-corrected chi connectivity index (χ1v) is 23.0. The lowest BCUT2D eigenvalue weighted by Crippen LogP contribution is -2.16. The fourth-order valence-electron chi connectivity index (χ4n) is 6.38. The van der Waals surface area contributed by atoms with Crippen molar-refractivity contribution in [2.45, 2.75) is 242 Å². The van der Waals surface area contributed by atoms with Crippen molar-refractivity contribution in [1.82, 2.24) is 0 Å². The smallest absolute Gasteiger partial charge is 0.231 e. The predicted octanol–water partition coefficient (Wildman–Crippen LogP) is 20.9. The van der Waals surface area contributed by atoms with Crippen LogP contribution in [-0.2, 0) is 0 Å². The first-order chi connectivity index (χ1) is 26.3. The van der Waals surface area contributed by atoms with Crippen LogP contribution in [0.2, 0.25) is 0 Å². The average Bonchev–Trinajstić information content (AvgIpc) is 3.74. The fourth-order valence-corrected chi connectivity index (χ4v) is 6.38. The van der Waals surface area contributed by atoms with Crippen LogP contribution in [0.25, 0.3) is 0 Å². The average molecular weight is 828 g/mol. The predicted molar refractivity (Wildman–Crippen MR) is 278 cm³/mol. The Labute approximate surface area is 375 Å². The Hall–Kier alpha value is -2.48. The van der Waals surface area contributed by atoms with Crippen LogP contribution in [0, 0.1) is 30.1 Å². The van der Waals surface area contributed by atoms with Crippen molar-refractivity contribution in [3.63, 3.8) is 0 Å². The van der Waals surface area contributed by atoms with Crippen LogP contribution in [0.5, 0.6) is 11.5 Å². The topological polar surface area (TPSA) is 18.5 Å². The van der Waals surface area contributed by atoms with E-state index in [1.165, 1.54) is 127 Å². The van der Waals surface area contributed by atoms with E-state index in [0.717, 1.165) is 29.3 Å². The van der Waals surface area contributed by atoms with E-state index in [2.05, 4.69) is 139 Å². The summed E-state index contributed by atoms with van der Waals surface area (Å²) in [6.45, 7) is 31.3. The standard InChI is InChI=1S/C9H16.C9H18.C8H8O2.C8H16.C7H12.2C6H12.4CH4/c1-7-5-6-8(2)9(7,3)4;1-3-5-7-9-8-6-4-2;1-6-2-3-7-8(4-6)10-5-9-7;1-2-8-6-4-3-5-7-8;1-7-5-3-2-4-6-7;1-4-5-6(2)3;1-3-5-6-4-2;;;;/h5,8H,6H2,1-4H3;5,7H,3-4,6,8-9H2,1-2H3;2-4H,5H2,1H3;8H,2-7H2,1H3;2-3,7H,4-6H2,1H3;5H,4H2,1-3H3;5-6H,3-4H2,1-2H3;4*1H4/b;7-5-;;;;;6-5-;;;;. The Morgan fingerprint density at radius 3 is 1.63 bits per heavy atom. The molecule has 0 N–H and O–H groups in total. The summed E-state index contributed by atoms with van der Waals surface area (Å²) in [5.74, 6) is 4.59. The molecule has 0 amide bonds. The largest absolute Gasteiger partial charge is 0.454 e. The van der Waals surface area contributed by atoms with Crippen molar-refractivity contribution in [1.29, 1.82) is 0 Å². The van der Waals surface area contributed by atoms with Crippen molar-refractivity contribution in [3.05, 3.63) is 83.5 Å². The maximum absolute atomic E-state index is 5.16. The minimum Gasteiger partial charge on any atom is -0.454 e. The van der Waals surface area contributed by atoms with Crippen LogP contribution >= 0.6 is 0 Å². The molecule has 2 unspecified atom stereocenters. The molecule has 3 aliphatic carbocycles. The lowest BCUT2D eigenvalue weighted by molar-refractivity contribution is 0.174. The van der Waals surface area contributed by atoms with Gasteiger partial charge in [0, 0.05) is 0 Å². The van der Waals surface area contributed by atoms with Gasteiger partial charge in [0.15, 0.2) is 11.5 Å². The lowest BCUT2D eigenvalue weighted by Gasteiger charge is -2.26. The molecule has 5 rings (SSSR count). The minimum atomic E-state index is 0. The highest BCUT2D eigenvalue weighted by Crippen LogP contribution is 2.42. The summed E-state index contributed by atoms with van der Waals surface area (Å²) in [5, 5.41) is 0. The zero-order chi connectivity index (χ0) is 41.7. The summed E-state index contributed by atoms with van der Waals surface area (Å²) in [6, 6.07) is 5.91. The monoisotopic (exact) mass is 827 g/mol. The molecule has 59 heavy (non-hydrogen) atoms. The number of benzene rings is 1. The summed E-state index contributed by atoms with van der Waals surface area (Å²) in [6.07, 6.45) is 42.3. The van der Waals surface area contributed by atoms with Gasteiger partial charge in [-0.25, -0.2) is 0 Å². The SMILES string of the molecule is C.C.C.C.CC/C=C\CC.CC/C=C\CCCCC.CC1=CCC(C)C1(C)C.CC1CC=CCC1.CCC1CCCCC1.CCC=C(C)C.Cc1ccc2c(c1)OCO2. The third kappa shape index (κ3) is 39.4. The number of hydrogen-bond donors (Lipinski definition) is 0. The Balaban J connectivity index is -0.000000138. The van der Waals surface area contributed by atoms with Crippen LogP contribution in [-0.4, -0.2) is 6.79 Å². The van der Waals surface area contributed by atoms with Crippen LogP contribution in [0.3, 0.4) is 0 Å². The molecule has 4 aliphatic rings. The zero-order valence-electron chi connectivity index (χ0n) is 39.3. The molecule has 2 heteroatoms. The van der Waals surface area contributed by atoms with Gasteiger partial charge in [0.25, 0.3) is 0 Å². The molecular weight excluding hydrogens is 717 g/mol. The number of rotatable bonds is 9. The van der Waals surface area contributed by atoms with Gasteiger partial charge in [-0.05, 0) is 133 Å². The summed E-state index contributed by atoms with van der Waals surface area (Å²) >= 11 is 0. The first kappa shape index (κ1) is 68.3. The third-order valence-corrected chi connectivity index (χ3v) is 11.0. The van der Waals surface area contributed by atoms with Crippen molar-refractivity contribution < 1.29 is 9.47 Å². The molecule has 1 saturated carbocycles. The quantitative estimate of drug-likeness (QED) is 0.182. The summed E-state index contributed by atoms with van der Waals surface area (Å²) in [4.78, 5) is 0. The number of allylic oxidation sites excluding steroid dienone is 10. The van der Waals surface area contributed by atoms with Crippen LogP contribution in [0.4, 0.5) is 0 Å². The molecule has 2 atom stereocenters. The lowest BCUT2D eigenvalue weighted by atomic mass is 9.79. The molecule has 1 aliphatic heterocycles. The number of aryl methyl sites for hydroxylation is 1. The molecular formula is C57H110O2. The molecule has 1 fully saturated rings. The van der Waals surface area contributed by atoms with Gasteiger partial charge in [-0.1, -0.05) is 216 Å². The van der Waals surface area contributed by atoms with Gasteiger partial charge in [-0.15, -0.1) is 0 Å². The normalized spacial score (nSPS) is 17.6. The van der Waals surface area contributed by atoms with E-state index in [1.807, 2.05) is 25.1 Å². The highest BCUT2D eigenvalue weighted by molar-refractivity contribution is 5.43. The van der Waals surface area contributed by atoms with E-state index in [1.54, 1.807) is 5.57 Å². The van der Waals surface area contributed by atoms with Gasteiger partial charge in [-0.3, -0.25) is 0 Å². The first-order valence-electron chi connectivity index (χ1n) is 23.0. The Kier molecular flexibility index (Phi) is 53.9. The van der Waals surface area contributed by atoms with Crippen molar-refractivity contribution >= 4 is 0 Å². The zero-order valence-corrected chi connectivity index (χ0v) is 39.3. The fraction of sp³-hybridized carbons (Fsp3) is 0.719. The van der Waals surface area contributed by atoms with Crippen LogP contribution in [0.1, 0.15) is 241 Å². The molecule has 1 aromatic carbocycles. The van der Waals surface area contributed by atoms with Gasteiger partial charge in [0.1, 0.15) is 0 Å². The molecule has 0 radical (unpaired) electrons. The van der Waals surface area contributed by atoms with Gasteiger partial charge in [-0.2, -0.15) is 0 Å². The molecule has 0 saturated heterocycles. The van der Waals surface area contributed by atoms with Gasteiger partial charge in [0.05, 0.1) is 0 Å². The summed E-state index contributed by atoms with van der Waals surface area (Å²) in [7, 11) is 0. The van der Waals surface area contributed by atoms with Crippen molar-refractivity contribution in [2.75, 3.05) is 6.79 Å². The molecule has 0 bridgehead atoms. The third-order valence-electron chi connectivity index (χ3n) is 11.0. The second kappa shape index (κ2) is 46.6. The van der Waals surface area contributed by atoms with E-state index < -0.39 is 0 Å². The van der Waals surface area contributed by atoms with E-state index in [9.17, 15) is 0 Å². The minimum absolute atomic E-state index is 0. The molecule has 1 aromatic rings. The maximum atomic E-state index is 5.16. The van der Waals surface area contributed by atoms with E-state index in [0.29, 0.717) is 12.2 Å². The summed E-state index contributed by atoms with van der Waals surface area (Å²) < 4.78 is 10.3. The molecule has 1 heterocycles. The second-order valence-corrected chi connectivity index (χ2v) is 16.8. The van der Waals surface area contributed by atoms with Crippen molar-refractivity contribution in [2.24, 2.45) is 23.2 Å². The van der Waals surface area contributed by atoms with Crippen molar-refractivity contribution in [3.8, 4) is 11.5 Å². The maximum Gasteiger partial charge on any atom is 0.231 e. The van der Waals surface area contributed by atoms with Gasteiger partial charge >= 0.3 is 0 Å². The number of hydrogen-bond acceptors (Lipinski definition) is 2. The number of fused-ring (bicyclic) bond motifs is 1.